The van der Waals surface area contributed by atoms with E-state index >= 15 is 0 Å². The van der Waals surface area contributed by atoms with Gasteiger partial charge in [0.05, 0.1) is 0 Å². The van der Waals surface area contributed by atoms with Crippen LogP contribution in [0.3, 0.4) is 0 Å². The zero-order valence-corrected chi connectivity index (χ0v) is 6.61. The highest BCUT2D eigenvalue weighted by Crippen LogP contribution is 2.26. The topological polar surface area (TPSA) is 73.3 Å². The second kappa shape index (κ2) is 2.52. The molecule has 4 heteroatoms. The van der Waals surface area contributed by atoms with Crippen molar-refractivity contribution in [3.8, 4) is 5.88 Å². The van der Waals surface area contributed by atoms with Crippen molar-refractivity contribution >= 4 is 16.7 Å². The first-order valence-corrected chi connectivity index (χ1v) is 3.73. The van der Waals surface area contributed by atoms with E-state index in [2.05, 4.69) is 4.98 Å². The minimum absolute atomic E-state index is 0.0214. The number of carboxylic acid groups (broad SMARTS) is 1. The molecule has 0 spiro atoms. The summed E-state index contributed by atoms with van der Waals surface area (Å²) in [5.74, 6) is -1.18. The molecule has 0 unspecified atom stereocenters. The van der Waals surface area contributed by atoms with E-state index in [-0.39, 0.29) is 11.6 Å². The number of aromatic nitrogens is 1. The van der Waals surface area contributed by atoms with Crippen molar-refractivity contribution < 1.29 is 15.0 Å². The fraction of sp³-hybridized carbons (Fsp3) is 0. The third-order valence-electron chi connectivity index (χ3n) is 1.91. The fourth-order valence-corrected chi connectivity index (χ4v) is 1.33. The summed E-state index contributed by atoms with van der Waals surface area (Å²) in [7, 11) is 0. The molecule has 0 saturated carbocycles. The zero-order chi connectivity index (χ0) is 9.42. The Bertz CT molecular complexity index is 473. The molecule has 2 aromatic rings. The fourth-order valence-electron chi connectivity index (χ4n) is 1.33. The highest BCUT2D eigenvalue weighted by atomic mass is 16.4. The van der Waals surface area contributed by atoms with E-state index < -0.39 is 5.97 Å². The Morgan fingerprint density at radius 3 is 2.46 bits per heavy atom. The molecule has 0 atom stereocenters. The molecule has 1 aromatic heterocycles. The lowest BCUT2D eigenvalue weighted by molar-refractivity contribution is 0.0692. The maximum atomic E-state index is 10.7. The molecular weight excluding hydrogens is 170 g/mol. The van der Waals surface area contributed by atoms with E-state index in [0.717, 1.165) is 0 Å². The second-order valence-corrected chi connectivity index (χ2v) is 2.70. The van der Waals surface area contributed by atoms with E-state index in [9.17, 15) is 9.90 Å². The van der Waals surface area contributed by atoms with Crippen molar-refractivity contribution in [3.05, 3.63) is 30.0 Å². The number of benzene rings is 1. The molecule has 0 aliphatic carbocycles. The van der Waals surface area contributed by atoms with Crippen LogP contribution in [0.2, 0.25) is 0 Å². The van der Waals surface area contributed by atoms with Gasteiger partial charge in [-0.15, -0.1) is 0 Å². The molecule has 4 nitrogen and oxygen atoms in total. The van der Waals surface area contributed by atoms with Gasteiger partial charge in [-0.3, -0.25) is 0 Å². The van der Waals surface area contributed by atoms with Crippen LogP contribution in [0.15, 0.2) is 24.3 Å². The van der Waals surface area contributed by atoms with Crippen molar-refractivity contribution in [1.82, 2.24) is 4.98 Å². The maximum Gasteiger partial charge on any atom is 0.353 e. The van der Waals surface area contributed by atoms with Gasteiger partial charge in [0, 0.05) is 10.8 Å². The van der Waals surface area contributed by atoms with Gasteiger partial charge in [0.1, 0.15) is 5.69 Å². The number of aromatic hydroxyl groups is 1. The summed E-state index contributed by atoms with van der Waals surface area (Å²) in [6.07, 6.45) is 0. The molecule has 0 aliphatic rings. The van der Waals surface area contributed by atoms with Crippen LogP contribution in [0.25, 0.3) is 10.8 Å². The Balaban J connectivity index is 2.85. The Kier molecular flexibility index (Phi) is 1.48. The van der Waals surface area contributed by atoms with Crippen molar-refractivity contribution in [2.75, 3.05) is 0 Å². The van der Waals surface area contributed by atoms with E-state index in [0.29, 0.717) is 10.8 Å². The summed E-state index contributed by atoms with van der Waals surface area (Å²) in [6.45, 7) is 0. The van der Waals surface area contributed by atoms with Crippen molar-refractivity contribution in [1.29, 1.82) is 0 Å². The van der Waals surface area contributed by atoms with Crippen LogP contribution in [-0.4, -0.2) is 21.2 Å². The van der Waals surface area contributed by atoms with Crippen LogP contribution in [0.4, 0.5) is 0 Å². The summed E-state index contributed by atoms with van der Waals surface area (Å²) < 4.78 is 0. The van der Waals surface area contributed by atoms with Crippen molar-refractivity contribution in [2.45, 2.75) is 0 Å². The number of hydrogen-bond acceptors (Lipinski definition) is 2. The third kappa shape index (κ3) is 1.03. The van der Waals surface area contributed by atoms with Crippen LogP contribution in [-0.2, 0) is 0 Å². The number of rotatable bonds is 1. The van der Waals surface area contributed by atoms with Gasteiger partial charge in [-0.05, 0) is 6.07 Å². The SMILES string of the molecule is O=C(O)c1[nH]c(O)c2ccccc12. The van der Waals surface area contributed by atoms with Gasteiger partial charge in [-0.1, -0.05) is 18.2 Å². The molecule has 13 heavy (non-hydrogen) atoms. The largest absolute Gasteiger partial charge is 0.494 e. The standard InChI is InChI=1S/C9H7NO3/c11-8-6-4-2-1-3-5(6)7(10-8)9(12)13/h1-4,10-11H,(H,12,13). The number of nitrogens with one attached hydrogen (secondary N) is 1. The number of aromatic amines is 1. The van der Waals surface area contributed by atoms with Crippen molar-refractivity contribution in [2.24, 2.45) is 0 Å². The van der Waals surface area contributed by atoms with Gasteiger partial charge < -0.3 is 15.2 Å². The predicted molar refractivity (Wildman–Crippen MR) is 46.9 cm³/mol. The molecule has 0 fully saturated rings. The number of aromatic carboxylic acids is 1. The first-order valence-electron chi connectivity index (χ1n) is 3.73. The summed E-state index contributed by atoms with van der Waals surface area (Å²) in [5, 5.41) is 19.1. The Morgan fingerprint density at radius 2 is 1.85 bits per heavy atom. The van der Waals surface area contributed by atoms with Gasteiger partial charge in [0.2, 0.25) is 0 Å². The summed E-state index contributed by atoms with van der Waals surface area (Å²) in [6, 6.07) is 6.77. The number of hydrogen-bond donors (Lipinski definition) is 3. The van der Waals surface area contributed by atoms with Crippen molar-refractivity contribution in [3.63, 3.8) is 0 Å². The second-order valence-electron chi connectivity index (χ2n) is 2.70. The minimum atomic E-state index is -1.07. The number of carbonyl (C=O) groups is 1. The molecule has 0 saturated heterocycles. The first kappa shape index (κ1) is 7.67. The quantitative estimate of drug-likeness (QED) is 0.619. The highest BCUT2D eigenvalue weighted by molar-refractivity contribution is 6.04. The third-order valence-corrected chi connectivity index (χ3v) is 1.91. The summed E-state index contributed by atoms with van der Waals surface area (Å²) in [4.78, 5) is 13.1. The zero-order valence-electron chi connectivity index (χ0n) is 6.61. The van der Waals surface area contributed by atoms with E-state index in [4.69, 9.17) is 5.11 Å². The van der Waals surface area contributed by atoms with Crippen LogP contribution in [0.5, 0.6) is 5.88 Å². The monoisotopic (exact) mass is 177 g/mol. The predicted octanol–water partition coefficient (Wildman–Crippen LogP) is 1.57. The Labute approximate surface area is 73.4 Å². The number of H-pyrrole nitrogens is 1. The molecule has 1 aromatic carbocycles. The lowest BCUT2D eigenvalue weighted by Gasteiger charge is -1.89. The average Bonchev–Trinajstić information content (AvgIpc) is 2.45. The average molecular weight is 177 g/mol. The Morgan fingerprint density at radius 1 is 1.23 bits per heavy atom. The highest BCUT2D eigenvalue weighted by Gasteiger charge is 2.13. The molecular formula is C9H7NO3. The number of carboxylic acids is 1. The summed E-state index contributed by atoms with van der Waals surface area (Å²) in [5.41, 5.74) is 0.0214. The van der Waals surface area contributed by atoms with Crippen LogP contribution < -0.4 is 0 Å². The smallest absolute Gasteiger partial charge is 0.353 e. The van der Waals surface area contributed by atoms with E-state index in [1.54, 1.807) is 24.3 Å². The molecule has 1 heterocycles. The number of fused-ring (bicyclic) bond motifs is 1. The summed E-state index contributed by atoms with van der Waals surface area (Å²) >= 11 is 0. The van der Waals surface area contributed by atoms with E-state index in [1.807, 2.05) is 0 Å². The molecule has 0 aliphatic heterocycles. The molecule has 66 valence electrons. The molecule has 0 radical (unpaired) electrons. The first-order chi connectivity index (χ1) is 6.20. The maximum absolute atomic E-state index is 10.7. The van der Waals surface area contributed by atoms with Crippen LogP contribution >= 0.6 is 0 Å². The normalized spacial score (nSPS) is 10.5. The molecule has 0 amide bonds. The van der Waals surface area contributed by atoms with Gasteiger partial charge in [-0.25, -0.2) is 4.79 Å². The minimum Gasteiger partial charge on any atom is -0.494 e. The molecule has 0 bridgehead atoms. The van der Waals surface area contributed by atoms with Gasteiger partial charge >= 0.3 is 5.97 Å². The van der Waals surface area contributed by atoms with Gasteiger partial charge in [0.15, 0.2) is 5.88 Å². The van der Waals surface area contributed by atoms with E-state index in [1.165, 1.54) is 0 Å². The van der Waals surface area contributed by atoms with Crippen LogP contribution in [0, 0.1) is 0 Å². The Hall–Kier alpha value is -1.97. The molecule has 3 N–H and O–H groups in total. The lowest BCUT2D eigenvalue weighted by atomic mass is 10.2. The molecule has 2 rings (SSSR count). The van der Waals surface area contributed by atoms with Gasteiger partial charge in [-0.2, -0.15) is 0 Å². The lowest BCUT2D eigenvalue weighted by Crippen LogP contribution is -1.96. The van der Waals surface area contributed by atoms with Crippen LogP contribution in [0.1, 0.15) is 10.5 Å². The van der Waals surface area contributed by atoms with Gasteiger partial charge in [0.25, 0.3) is 0 Å².